The van der Waals surface area contributed by atoms with Gasteiger partial charge in [-0.1, -0.05) is 131 Å². The lowest BCUT2D eigenvalue weighted by atomic mass is 9.79. The maximum absolute atomic E-state index is 7.38. The van der Waals surface area contributed by atoms with Crippen LogP contribution in [0.15, 0.2) is 115 Å². The van der Waals surface area contributed by atoms with Crippen LogP contribution in [0.25, 0.3) is 0 Å². The zero-order valence-corrected chi connectivity index (χ0v) is 33.1. The first-order valence-electron chi connectivity index (χ1n) is 19.2. The Kier molecular flexibility index (Phi) is 11.6. The first kappa shape index (κ1) is 38.0. The van der Waals surface area contributed by atoms with E-state index in [9.17, 15) is 0 Å². The number of hydrogen-bond acceptors (Lipinski definition) is 7. The molecular formula is C45H56O7Si. The largest absolute Gasteiger partial charge is 0.497 e. The fraction of sp³-hybridized carbons (Fsp3) is 0.467. The minimum Gasteiger partial charge on any atom is -0.497 e. The number of fused-ring (bicyclic) bond motifs is 2. The summed E-state index contributed by atoms with van der Waals surface area (Å²) in [5.41, 5.74) is 1.57. The van der Waals surface area contributed by atoms with Crippen molar-refractivity contribution in [1.29, 1.82) is 0 Å². The Labute approximate surface area is 317 Å². The Hall–Kier alpha value is -3.34. The molecule has 0 N–H and O–H groups in total. The van der Waals surface area contributed by atoms with E-state index in [1.165, 1.54) is 10.4 Å². The maximum atomic E-state index is 7.38. The summed E-state index contributed by atoms with van der Waals surface area (Å²) < 4.78 is 46.3. The third-order valence-corrected chi connectivity index (χ3v) is 16.4. The maximum Gasteiger partial charge on any atom is 0.261 e. The molecule has 0 radical (unpaired) electrons. The van der Waals surface area contributed by atoms with Crippen LogP contribution in [-0.4, -0.2) is 64.8 Å². The van der Waals surface area contributed by atoms with Gasteiger partial charge in [0.05, 0.1) is 50.3 Å². The summed E-state index contributed by atoms with van der Waals surface area (Å²) in [6, 6.07) is 39.9. The van der Waals surface area contributed by atoms with Gasteiger partial charge >= 0.3 is 0 Å². The second kappa shape index (κ2) is 16.2. The van der Waals surface area contributed by atoms with E-state index in [0.717, 1.165) is 29.7 Å². The topological polar surface area (TPSA) is 64.6 Å². The van der Waals surface area contributed by atoms with E-state index >= 15 is 0 Å². The Bertz CT molecular complexity index is 1690. The van der Waals surface area contributed by atoms with E-state index in [1.807, 2.05) is 42.5 Å². The van der Waals surface area contributed by atoms with Gasteiger partial charge in [-0.2, -0.15) is 0 Å². The summed E-state index contributed by atoms with van der Waals surface area (Å²) in [6.07, 6.45) is 1.08. The van der Waals surface area contributed by atoms with Crippen LogP contribution in [0.2, 0.25) is 5.04 Å². The predicted molar refractivity (Wildman–Crippen MR) is 210 cm³/mol. The van der Waals surface area contributed by atoms with Crippen LogP contribution in [0.3, 0.4) is 0 Å². The zero-order valence-electron chi connectivity index (χ0n) is 32.1. The van der Waals surface area contributed by atoms with Gasteiger partial charge in [0.2, 0.25) is 0 Å². The number of benzene rings is 4. The van der Waals surface area contributed by atoms with Crippen molar-refractivity contribution in [2.75, 3.05) is 20.3 Å². The summed E-state index contributed by atoms with van der Waals surface area (Å²) in [7, 11) is -1.00. The highest BCUT2D eigenvalue weighted by molar-refractivity contribution is 6.99. The van der Waals surface area contributed by atoms with E-state index in [1.54, 1.807) is 7.11 Å². The van der Waals surface area contributed by atoms with Gasteiger partial charge in [0.25, 0.3) is 8.32 Å². The molecule has 8 atom stereocenters. The predicted octanol–water partition coefficient (Wildman–Crippen LogP) is 8.00. The molecule has 0 aliphatic carbocycles. The molecule has 53 heavy (non-hydrogen) atoms. The molecule has 3 saturated heterocycles. The van der Waals surface area contributed by atoms with Crippen molar-refractivity contribution >= 4 is 18.7 Å². The van der Waals surface area contributed by atoms with E-state index in [0.29, 0.717) is 26.2 Å². The van der Waals surface area contributed by atoms with Crippen molar-refractivity contribution in [3.05, 3.63) is 126 Å². The molecule has 7 nitrogen and oxygen atoms in total. The van der Waals surface area contributed by atoms with Gasteiger partial charge in [-0.15, -0.1) is 0 Å². The molecule has 8 heteroatoms. The second-order valence-corrected chi connectivity index (χ2v) is 20.6. The van der Waals surface area contributed by atoms with Crippen LogP contribution in [0.1, 0.15) is 71.3 Å². The Morgan fingerprint density at radius 2 is 1.43 bits per heavy atom. The highest BCUT2D eigenvalue weighted by Crippen LogP contribution is 2.46. The molecule has 1 unspecified atom stereocenters. The van der Waals surface area contributed by atoms with Crippen molar-refractivity contribution < 1.29 is 32.8 Å². The molecule has 0 aromatic heterocycles. The fourth-order valence-electron chi connectivity index (χ4n) is 8.56. The van der Waals surface area contributed by atoms with Crippen LogP contribution in [0, 0.1) is 5.92 Å². The number of methoxy groups -OCH3 is 1. The van der Waals surface area contributed by atoms with Crippen molar-refractivity contribution in [2.24, 2.45) is 5.92 Å². The van der Waals surface area contributed by atoms with E-state index < -0.39 is 20.2 Å². The molecule has 3 aliphatic rings. The van der Waals surface area contributed by atoms with Gasteiger partial charge in [-0.05, 0) is 52.4 Å². The molecular weight excluding hydrogens is 681 g/mol. The normalized spacial score (nSPS) is 28.0. The lowest BCUT2D eigenvalue weighted by molar-refractivity contribution is -0.348. The Balaban J connectivity index is 1.11. The van der Waals surface area contributed by atoms with Crippen LogP contribution in [0.4, 0.5) is 0 Å². The van der Waals surface area contributed by atoms with Gasteiger partial charge in [-0.25, -0.2) is 0 Å². The number of hydrogen-bond donors (Lipinski definition) is 0. The van der Waals surface area contributed by atoms with Crippen LogP contribution in [0.5, 0.6) is 5.75 Å². The fourth-order valence-corrected chi connectivity index (χ4v) is 13.3. The zero-order chi connectivity index (χ0) is 37.1. The second-order valence-electron chi connectivity index (χ2n) is 16.3. The van der Waals surface area contributed by atoms with E-state index in [-0.39, 0.29) is 41.5 Å². The Morgan fingerprint density at radius 3 is 2.04 bits per heavy atom. The summed E-state index contributed by atoms with van der Waals surface area (Å²) in [5, 5.41) is 2.48. The summed E-state index contributed by atoms with van der Waals surface area (Å²) in [5.74, 6) is 1.03. The monoisotopic (exact) mass is 736 g/mol. The highest BCUT2D eigenvalue weighted by atomic mass is 28.4. The lowest BCUT2D eigenvalue weighted by Gasteiger charge is -2.55. The smallest absolute Gasteiger partial charge is 0.261 e. The van der Waals surface area contributed by atoms with E-state index in [2.05, 4.69) is 107 Å². The highest BCUT2D eigenvalue weighted by Gasteiger charge is 2.55. The molecule has 3 aliphatic heterocycles. The summed E-state index contributed by atoms with van der Waals surface area (Å²) >= 11 is 0. The van der Waals surface area contributed by atoms with E-state index in [4.69, 9.17) is 32.8 Å². The summed E-state index contributed by atoms with van der Waals surface area (Å²) in [6.45, 7) is 13.0. The summed E-state index contributed by atoms with van der Waals surface area (Å²) in [4.78, 5) is 0. The molecule has 3 heterocycles. The quantitative estimate of drug-likeness (QED) is 0.137. The lowest BCUT2D eigenvalue weighted by Crippen LogP contribution is -2.67. The van der Waals surface area contributed by atoms with Gasteiger partial charge in [0.15, 0.2) is 6.29 Å². The van der Waals surface area contributed by atoms with Gasteiger partial charge in [0, 0.05) is 25.0 Å². The van der Waals surface area contributed by atoms with Crippen molar-refractivity contribution in [3.8, 4) is 5.75 Å². The average Bonchev–Trinajstić information content (AvgIpc) is 3.17. The molecule has 0 spiro atoms. The van der Waals surface area contributed by atoms with Crippen LogP contribution < -0.4 is 15.1 Å². The van der Waals surface area contributed by atoms with Crippen molar-refractivity contribution in [2.45, 2.75) is 108 Å². The number of rotatable bonds is 12. The SMILES string of the molecule is COc1ccc(CO[C@@H]2C[C@]3(C)O[C@@H]4CO[C@@H](c5ccccc5)O[C@H]4C[C@H]3O[C@H]2CC(C)CO[Si](c2ccccc2)(c2ccccc2)C(C)(C)C)cc1. The van der Waals surface area contributed by atoms with Gasteiger partial charge < -0.3 is 32.8 Å². The molecule has 0 amide bonds. The van der Waals surface area contributed by atoms with Gasteiger partial charge in [0.1, 0.15) is 11.9 Å². The minimum absolute atomic E-state index is 0.0973. The van der Waals surface area contributed by atoms with Crippen molar-refractivity contribution in [3.63, 3.8) is 0 Å². The minimum atomic E-state index is -2.69. The molecule has 282 valence electrons. The third-order valence-electron chi connectivity index (χ3n) is 11.4. The number of ether oxygens (including phenoxy) is 6. The molecule has 4 aromatic rings. The average molecular weight is 737 g/mol. The molecule has 7 rings (SSSR count). The Morgan fingerprint density at radius 1 is 0.811 bits per heavy atom. The molecule has 4 aromatic carbocycles. The van der Waals surface area contributed by atoms with Gasteiger partial charge in [-0.3, -0.25) is 0 Å². The standard InChI is InChI=1S/C45H56O7Si/c1-32(29-49-53(44(2,3)4,36-18-12-8-13-19-36)37-20-14-9-15-21-37)26-38-40(47-30-33-22-24-35(46-6)25-23-33)28-45(5)42(50-38)27-39-41(52-45)31-48-43(51-39)34-16-10-7-11-17-34/h7-25,32,38-43H,26-31H2,1-6H3/t32?,38-,39-,40+,41+,42+,43+,45-/m0/s1. The third kappa shape index (κ3) is 8.20. The van der Waals surface area contributed by atoms with Crippen LogP contribution in [-0.2, 0) is 34.7 Å². The molecule has 0 bridgehead atoms. The first-order valence-corrected chi connectivity index (χ1v) is 21.1. The molecule has 0 saturated carbocycles. The van der Waals surface area contributed by atoms with Crippen molar-refractivity contribution in [1.82, 2.24) is 0 Å². The first-order chi connectivity index (χ1) is 25.6. The molecule has 3 fully saturated rings. The van der Waals surface area contributed by atoms with Crippen LogP contribution >= 0.6 is 0 Å².